The number of hydrogen-bond acceptors (Lipinski definition) is 2. The van der Waals surface area contributed by atoms with Crippen LogP contribution in [-0.2, 0) is 0 Å². The minimum atomic E-state index is 0.500. The van der Waals surface area contributed by atoms with Crippen LogP contribution in [0.15, 0.2) is 29.4 Å². The van der Waals surface area contributed by atoms with Crippen LogP contribution in [0.2, 0.25) is 0 Å². The molecule has 1 aliphatic rings. The van der Waals surface area contributed by atoms with E-state index in [1.165, 1.54) is 42.6 Å². The van der Waals surface area contributed by atoms with E-state index in [1.54, 1.807) is 0 Å². The average Bonchev–Trinajstić information content (AvgIpc) is 3.19. The predicted octanol–water partition coefficient (Wildman–Crippen LogP) is 5.16. The smallest absolute Gasteiger partial charge is 0.191 e. The maximum absolute atomic E-state index is 5.36. The molecule has 0 unspecified atom stereocenters. The van der Waals surface area contributed by atoms with Crippen LogP contribution in [0, 0.1) is 27.7 Å². The van der Waals surface area contributed by atoms with E-state index in [1.807, 2.05) is 6.21 Å². The molecule has 3 rings (SSSR count). The van der Waals surface area contributed by atoms with E-state index >= 15 is 0 Å². The Morgan fingerprint density at radius 3 is 2.62 bits per heavy atom. The highest BCUT2D eigenvalue weighted by Gasteiger charge is 2.20. The molecule has 0 bridgehead atoms. The molecule has 0 atom stereocenters. The average molecular weight is 369 g/mol. The monoisotopic (exact) mass is 368 g/mol. The Balaban J connectivity index is 1.64. The summed E-state index contributed by atoms with van der Waals surface area (Å²) in [5.41, 5.74) is 10.0. The Morgan fingerprint density at radius 1 is 1.15 bits per heavy atom. The van der Waals surface area contributed by atoms with Crippen LogP contribution in [0.5, 0.6) is 0 Å². The lowest BCUT2D eigenvalue weighted by molar-refractivity contribution is 0.500. The summed E-state index contributed by atoms with van der Waals surface area (Å²) in [6.45, 7) is 8.49. The topological polar surface area (TPSA) is 41.4 Å². The third-order valence-corrected chi connectivity index (χ3v) is 5.42. The maximum Gasteiger partial charge on any atom is 0.191 e. The molecular weight excluding hydrogens is 340 g/mol. The van der Waals surface area contributed by atoms with Crippen molar-refractivity contribution in [1.82, 2.24) is 9.99 Å². The minimum absolute atomic E-state index is 0.500. The fraction of sp³-hybridized carbons (Fsp3) is 0.429. The van der Waals surface area contributed by atoms with Crippen molar-refractivity contribution in [2.24, 2.45) is 5.10 Å². The first kappa shape index (κ1) is 18.6. The Kier molecular flexibility index (Phi) is 5.77. The Morgan fingerprint density at radius 2 is 1.88 bits per heavy atom. The highest BCUT2D eigenvalue weighted by Crippen LogP contribution is 2.33. The molecule has 1 aromatic heterocycles. The van der Waals surface area contributed by atoms with Crippen LogP contribution >= 0.6 is 12.2 Å². The van der Waals surface area contributed by atoms with Crippen molar-refractivity contribution in [3.05, 3.63) is 52.3 Å². The molecule has 4 nitrogen and oxygen atoms in total. The maximum atomic E-state index is 5.36. The second kappa shape index (κ2) is 8.04. The van der Waals surface area contributed by atoms with Gasteiger partial charge in [-0.2, -0.15) is 5.10 Å². The van der Waals surface area contributed by atoms with Crippen LogP contribution < -0.4 is 10.7 Å². The third kappa shape index (κ3) is 4.15. The molecule has 0 aliphatic heterocycles. The molecule has 1 heterocycles. The molecule has 0 radical (unpaired) electrons. The molecule has 5 heteroatoms. The molecule has 2 aromatic rings. The van der Waals surface area contributed by atoms with Crippen molar-refractivity contribution in [1.29, 1.82) is 0 Å². The normalized spacial score (nSPS) is 14.9. The number of aromatic nitrogens is 1. The van der Waals surface area contributed by atoms with E-state index in [0.29, 0.717) is 11.2 Å². The highest BCUT2D eigenvalue weighted by molar-refractivity contribution is 7.80. The van der Waals surface area contributed by atoms with Gasteiger partial charge in [0, 0.05) is 28.7 Å². The lowest BCUT2D eigenvalue weighted by atomic mass is 10.1. The van der Waals surface area contributed by atoms with Gasteiger partial charge in [-0.1, -0.05) is 25.0 Å². The first-order valence-corrected chi connectivity index (χ1v) is 9.72. The first-order valence-electron chi connectivity index (χ1n) is 9.31. The molecule has 26 heavy (non-hydrogen) atoms. The quantitative estimate of drug-likeness (QED) is 0.445. The second-order valence-corrected chi connectivity index (χ2v) is 7.69. The summed E-state index contributed by atoms with van der Waals surface area (Å²) in [6, 6.07) is 9.12. The van der Waals surface area contributed by atoms with Crippen molar-refractivity contribution in [2.45, 2.75) is 59.4 Å². The van der Waals surface area contributed by atoms with Gasteiger partial charge in [0.1, 0.15) is 0 Å². The van der Waals surface area contributed by atoms with E-state index in [2.05, 4.69) is 72.4 Å². The van der Waals surface area contributed by atoms with E-state index in [-0.39, 0.29) is 0 Å². The van der Waals surface area contributed by atoms with Crippen molar-refractivity contribution < 1.29 is 0 Å². The number of anilines is 1. The van der Waals surface area contributed by atoms with E-state index in [0.717, 1.165) is 16.8 Å². The Labute approximate surface area is 161 Å². The molecule has 1 aliphatic carbocycles. The molecule has 0 spiro atoms. The van der Waals surface area contributed by atoms with Gasteiger partial charge in [-0.25, -0.2) is 0 Å². The van der Waals surface area contributed by atoms with Gasteiger partial charge in [0.2, 0.25) is 0 Å². The van der Waals surface area contributed by atoms with Gasteiger partial charge < -0.3 is 9.88 Å². The number of hydrogen-bond donors (Lipinski definition) is 2. The summed E-state index contributed by atoms with van der Waals surface area (Å²) in [7, 11) is 0. The number of nitrogens with zero attached hydrogens (tertiary/aromatic N) is 2. The summed E-state index contributed by atoms with van der Waals surface area (Å²) in [5.74, 6) is 0. The predicted molar refractivity (Wildman–Crippen MR) is 114 cm³/mol. The summed E-state index contributed by atoms with van der Waals surface area (Å²) in [5, 5.41) is 8.05. The Hall–Kier alpha value is -2.14. The van der Waals surface area contributed by atoms with Gasteiger partial charge in [-0.05, 0) is 76.0 Å². The standard InChI is InChI=1S/C21H28N4S/c1-14-9-10-15(2)20(11-14)23-21(26)24-22-13-18-12-16(3)25(17(18)4)19-7-5-6-8-19/h9-13,19H,5-8H2,1-4H3,(H2,23,24,26). The van der Waals surface area contributed by atoms with Crippen LogP contribution in [0.1, 0.15) is 59.8 Å². The number of benzene rings is 1. The summed E-state index contributed by atoms with van der Waals surface area (Å²) in [6.07, 6.45) is 7.12. The van der Waals surface area contributed by atoms with Gasteiger partial charge in [-0.15, -0.1) is 0 Å². The van der Waals surface area contributed by atoms with E-state index in [4.69, 9.17) is 12.2 Å². The third-order valence-electron chi connectivity index (χ3n) is 5.22. The lowest BCUT2D eigenvalue weighted by Gasteiger charge is -2.17. The zero-order chi connectivity index (χ0) is 18.7. The number of hydrazone groups is 1. The number of aryl methyl sites for hydroxylation is 3. The zero-order valence-corrected chi connectivity index (χ0v) is 16.9. The molecule has 0 amide bonds. The minimum Gasteiger partial charge on any atom is -0.345 e. The van der Waals surface area contributed by atoms with Crippen molar-refractivity contribution in [3.63, 3.8) is 0 Å². The second-order valence-electron chi connectivity index (χ2n) is 7.28. The van der Waals surface area contributed by atoms with Crippen LogP contribution in [0.25, 0.3) is 0 Å². The zero-order valence-electron chi connectivity index (χ0n) is 16.1. The molecule has 1 fully saturated rings. The van der Waals surface area contributed by atoms with Gasteiger partial charge in [0.25, 0.3) is 0 Å². The van der Waals surface area contributed by atoms with Gasteiger partial charge >= 0.3 is 0 Å². The fourth-order valence-electron chi connectivity index (χ4n) is 3.84. The Bertz CT molecular complexity index is 829. The largest absolute Gasteiger partial charge is 0.345 e. The van der Waals surface area contributed by atoms with Crippen molar-refractivity contribution in [2.75, 3.05) is 5.32 Å². The fourth-order valence-corrected chi connectivity index (χ4v) is 4.00. The SMILES string of the molecule is Cc1ccc(C)c(NC(=S)NN=Cc2cc(C)n(C3CCCC3)c2C)c1. The number of rotatable bonds is 4. The molecule has 1 aromatic carbocycles. The van der Waals surface area contributed by atoms with Crippen LogP contribution in [-0.4, -0.2) is 15.9 Å². The molecule has 138 valence electrons. The van der Waals surface area contributed by atoms with Gasteiger partial charge in [0.15, 0.2) is 5.11 Å². The first-order chi connectivity index (χ1) is 12.5. The molecule has 0 saturated heterocycles. The molecule has 1 saturated carbocycles. The summed E-state index contributed by atoms with van der Waals surface area (Å²) < 4.78 is 2.47. The van der Waals surface area contributed by atoms with Gasteiger partial charge in [-0.3, -0.25) is 5.43 Å². The molecule has 2 N–H and O–H groups in total. The summed E-state index contributed by atoms with van der Waals surface area (Å²) in [4.78, 5) is 0. The lowest BCUT2D eigenvalue weighted by Crippen LogP contribution is -2.24. The summed E-state index contributed by atoms with van der Waals surface area (Å²) >= 11 is 5.36. The van der Waals surface area contributed by atoms with Crippen molar-refractivity contribution in [3.8, 4) is 0 Å². The number of thiocarbonyl (C=S) groups is 1. The van der Waals surface area contributed by atoms with E-state index < -0.39 is 0 Å². The number of nitrogens with one attached hydrogen (secondary N) is 2. The molecular formula is C21H28N4S. The van der Waals surface area contributed by atoms with Crippen LogP contribution in [0.3, 0.4) is 0 Å². The van der Waals surface area contributed by atoms with Gasteiger partial charge in [0.05, 0.1) is 6.21 Å². The highest BCUT2D eigenvalue weighted by atomic mass is 32.1. The van der Waals surface area contributed by atoms with Crippen LogP contribution in [0.4, 0.5) is 5.69 Å². The van der Waals surface area contributed by atoms with Crippen molar-refractivity contribution >= 4 is 29.2 Å². The van der Waals surface area contributed by atoms with E-state index in [9.17, 15) is 0 Å².